The quantitative estimate of drug-likeness (QED) is 0.810. The van der Waals surface area contributed by atoms with Crippen LogP contribution < -0.4 is 0 Å². The lowest BCUT2D eigenvalue weighted by Gasteiger charge is -2.10. The molecule has 20 heavy (non-hydrogen) atoms. The van der Waals surface area contributed by atoms with Crippen LogP contribution in [0.4, 0.5) is 0 Å². The number of hydrogen-bond donors (Lipinski definition) is 0. The molecule has 1 aromatic rings. The summed E-state index contributed by atoms with van der Waals surface area (Å²) in [6.07, 6.45) is 8.44. The van der Waals surface area contributed by atoms with Gasteiger partial charge in [-0.1, -0.05) is 37.8 Å². The molecule has 3 nitrogen and oxygen atoms in total. The van der Waals surface area contributed by atoms with Gasteiger partial charge in [-0.2, -0.15) is 0 Å². The van der Waals surface area contributed by atoms with Gasteiger partial charge in [-0.05, 0) is 30.9 Å². The minimum Gasteiger partial charge on any atom is -0.254 e. The molecule has 0 bridgehead atoms. The van der Waals surface area contributed by atoms with Crippen molar-refractivity contribution in [1.29, 1.82) is 0 Å². The van der Waals surface area contributed by atoms with Gasteiger partial charge in [0.15, 0.2) is 9.84 Å². The molecule has 0 aromatic heterocycles. The summed E-state index contributed by atoms with van der Waals surface area (Å²) in [5, 5.41) is 0. The van der Waals surface area contributed by atoms with Crippen LogP contribution in [-0.2, 0) is 20.6 Å². The van der Waals surface area contributed by atoms with Crippen molar-refractivity contribution in [2.24, 2.45) is 5.92 Å². The first-order valence-electron chi connectivity index (χ1n) is 7.16. The fraction of sp³-hybridized carbons (Fsp3) is 0.600. The zero-order valence-corrected chi connectivity index (χ0v) is 13.5. The molecule has 0 N–H and O–H groups in total. The highest BCUT2D eigenvalue weighted by molar-refractivity contribution is 7.92. The van der Waals surface area contributed by atoms with Crippen molar-refractivity contribution in [1.82, 2.24) is 0 Å². The van der Waals surface area contributed by atoms with Crippen molar-refractivity contribution in [2.75, 3.05) is 12.0 Å². The van der Waals surface area contributed by atoms with Gasteiger partial charge in [0.05, 0.1) is 20.6 Å². The average Bonchev–Trinajstić information content (AvgIpc) is 2.91. The summed E-state index contributed by atoms with van der Waals surface area (Å²) < 4.78 is 35.7. The first-order chi connectivity index (χ1) is 9.48. The lowest BCUT2D eigenvalue weighted by Crippen LogP contribution is -2.07. The zero-order valence-electron chi connectivity index (χ0n) is 11.9. The minimum absolute atomic E-state index is 0.208. The van der Waals surface area contributed by atoms with Crippen LogP contribution in [0, 0.1) is 5.92 Å². The summed E-state index contributed by atoms with van der Waals surface area (Å²) in [4.78, 5) is 0.667. The molecule has 1 aromatic carbocycles. The first kappa shape index (κ1) is 15.7. The van der Waals surface area contributed by atoms with Gasteiger partial charge < -0.3 is 0 Å². The van der Waals surface area contributed by atoms with E-state index in [1.807, 2.05) is 0 Å². The van der Waals surface area contributed by atoms with Crippen LogP contribution >= 0.6 is 0 Å². The molecule has 0 spiro atoms. The lowest BCUT2D eigenvalue weighted by molar-refractivity contribution is 0.497. The molecular formula is C15H22O3S2. The Bertz CT molecular complexity index is 573. The van der Waals surface area contributed by atoms with Crippen LogP contribution in [0.25, 0.3) is 0 Å². The monoisotopic (exact) mass is 314 g/mol. The van der Waals surface area contributed by atoms with E-state index in [4.69, 9.17) is 0 Å². The van der Waals surface area contributed by atoms with Gasteiger partial charge in [0.25, 0.3) is 0 Å². The van der Waals surface area contributed by atoms with Crippen molar-refractivity contribution in [3.63, 3.8) is 0 Å². The van der Waals surface area contributed by atoms with E-state index in [9.17, 15) is 12.6 Å². The smallest absolute Gasteiger partial charge is 0.176 e. The topological polar surface area (TPSA) is 51.2 Å². The van der Waals surface area contributed by atoms with E-state index in [1.165, 1.54) is 31.9 Å². The van der Waals surface area contributed by atoms with Crippen LogP contribution in [0.3, 0.4) is 0 Å². The van der Waals surface area contributed by atoms with E-state index in [0.717, 1.165) is 18.8 Å². The van der Waals surface area contributed by atoms with Crippen LogP contribution in [0.2, 0.25) is 0 Å². The molecule has 1 atom stereocenters. The predicted octanol–water partition coefficient (Wildman–Crippen LogP) is 3.17. The molecule has 0 saturated heterocycles. The average molecular weight is 314 g/mol. The molecule has 0 heterocycles. The Morgan fingerprint density at radius 2 is 1.85 bits per heavy atom. The second-order valence-electron chi connectivity index (χ2n) is 5.56. The summed E-state index contributed by atoms with van der Waals surface area (Å²) in [5.41, 5.74) is 0. The van der Waals surface area contributed by atoms with Crippen LogP contribution in [-0.4, -0.2) is 24.6 Å². The highest BCUT2D eigenvalue weighted by Crippen LogP contribution is 2.29. The summed E-state index contributed by atoms with van der Waals surface area (Å²) in [6, 6.07) is 6.64. The van der Waals surface area contributed by atoms with Gasteiger partial charge >= 0.3 is 0 Å². The van der Waals surface area contributed by atoms with Gasteiger partial charge in [-0.15, -0.1) is 0 Å². The van der Waals surface area contributed by atoms with Gasteiger partial charge in [-0.25, -0.2) is 8.42 Å². The predicted molar refractivity (Wildman–Crippen MR) is 82.0 cm³/mol. The third kappa shape index (κ3) is 4.16. The molecule has 0 radical (unpaired) electrons. The van der Waals surface area contributed by atoms with E-state index in [2.05, 4.69) is 0 Å². The lowest BCUT2D eigenvalue weighted by atomic mass is 10.0. The summed E-state index contributed by atoms with van der Waals surface area (Å²) in [5.74, 6) is 1.35. The Balaban J connectivity index is 1.98. The molecule has 0 amide bonds. The van der Waals surface area contributed by atoms with Gasteiger partial charge in [0.1, 0.15) is 0 Å². The molecule has 0 unspecified atom stereocenters. The van der Waals surface area contributed by atoms with E-state index >= 15 is 0 Å². The Morgan fingerprint density at radius 1 is 1.20 bits per heavy atom. The Labute approximate surface area is 124 Å². The molecule has 1 fully saturated rings. The number of hydrogen-bond acceptors (Lipinski definition) is 3. The number of benzene rings is 1. The molecule has 1 aliphatic carbocycles. The second-order valence-corrected chi connectivity index (χ2v) is 9.08. The van der Waals surface area contributed by atoms with E-state index in [-0.39, 0.29) is 4.90 Å². The fourth-order valence-corrected chi connectivity index (χ4v) is 5.52. The van der Waals surface area contributed by atoms with Gasteiger partial charge in [-0.3, -0.25) is 4.21 Å². The fourth-order valence-electron chi connectivity index (χ4n) is 2.86. The minimum atomic E-state index is -3.31. The third-order valence-corrected chi connectivity index (χ3v) is 6.70. The molecular weight excluding hydrogens is 292 g/mol. The normalized spacial score (nSPS) is 18.2. The summed E-state index contributed by atoms with van der Waals surface area (Å²) in [7, 11) is -4.53. The molecule has 5 heteroatoms. The van der Waals surface area contributed by atoms with Crippen molar-refractivity contribution in [3.05, 3.63) is 24.3 Å². The van der Waals surface area contributed by atoms with Crippen molar-refractivity contribution >= 4 is 20.6 Å². The van der Waals surface area contributed by atoms with Gasteiger partial charge in [0.2, 0.25) is 0 Å². The SMILES string of the molecule is CS(=O)(=O)c1ccccc1[S@](=O)CCCC1CCCC1. The summed E-state index contributed by atoms with van der Waals surface area (Å²) >= 11 is 0. The largest absolute Gasteiger partial charge is 0.254 e. The van der Waals surface area contributed by atoms with Crippen LogP contribution in [0.1, 0.15) is 38.5 Å². The van der Waals surface area contributed by atoms with Crippen molar-refractivity contribution in [3.8, 4) is 0 Å². The Hall–Kier alpha value is -0.680. The number of rotatable bonds is 6. The highest BCUT2D eigenvalue weighted by Gasteiger charge is 2.18. The molecule has 2 rings (SSSR count). The Kier molecular flexibility index (Phi) is 5.38. The molecule has 112 valence electrons. The molecule has 1 saturated carbocycles. The second kappa shape index (κ2) is 6.85. The van der Waals surface area contributed by atoms with Crippen molar-refractivity contribution < 1.29 is 12.6 Å². The highest BCUT2D eigenvalue weighted by atomic mass is 32.2. The zero-order chi connectivity index (χ0) is 14.6. The van der Waals surface area contributed by atoms with E-state index < -0.39 is 20.6 Å². The van der Waals surface area contributed by atoms with Crippen molar-refractivity contribution in [2.45, 2.75) is 48.3 Å². The molecule has 1 aliphatic rings. The summed E-state index contributed by atoms with van der Waals surface area (Å²) in [6.45, 7) is 0. The van der Waals surface area contributed by atoms with Gasteiger partial charge in [0, 0.05) is 12.0 Å². The third-order valence-electron chi connectivity index (χ3n) is 3.91. The molecule has 0 aliphatic heterocycles. The standard InChI is InChI=1S/C15H22O3S2/c1-20(17,18)15-11-5-4-10-14(15)19(16)12-6-9-13-7-2-3-8-13/h4-5,10-11,13H,2-3,6-9,12H2,1H3/t19-/m1/s1. The maximum Gasteiger partial charge on any atom is 0.176 e. The van der Waals surface area contributed by atoms with E-state index in [0.29, 0.717) is 10.6 Å². The van der Waals surface area contributed by atoms with Crippen LogP contribution in [0.15, 0.2) is 34.1 Å². The first-order valence-corrected chi connectivity index (χ1v) is 10.4. The van der Waals surface area contributed by atoms with Crippen LogP contribution in [0.5, 0.6) is 0 Å². The number of sulfone groups is 1. The van der Waals surface area contributed by atoms with E-state index in [1.54, 1.807) is 24.3 Å². The Morgan fingerprint density at radius 3 is 2.50 bits per heavy atom. The maximum atomic E-state index is 12.3. The maximum absolute atomic E-state index is 12.3.